The molecule has 0 saturated heterocycles. The molecule has 104 valence electrons. The Bertz CT molecular complexity index is 618. The van der Waals surface area contributed by atoms with Crippen LogP contribution in [0, 0.1) is 3.57 Å². The van der Waals surface area contributed by atoms with E-state index >= 15 is 0 Å². The molecule has 3 rings (SSSR count). The maximum Gasteiger partial charge on any atom is 0.231 e. The smallest absolute Gasteiger partial charge is 0.231 e. The minimum Gasteiger partial charge on any atom is -0.454 e. The lowest BCUT2D eigenvalue weighted by Crippen LogP contribution is -2.12. The molecule has 0 fully saturated rings. The van der Waals surface area contributed by atoms with E-state index in [4.69, 9.17) is 9.47 Å². The standard InChI is InChI=1S/C15H14INO3/c16-11-3-1-2-4-12(11)17-8-13(18)10-5-6-14-15(7-10)20-9-19-14/h1-7,13,17-18H,8-9H2. The zero-order valence-corrected chi connectivity index (χ0v) is 12.8. The molecule has 0 aromatic heterocycles. The van der Waals surface area contributed by atoms with Gasteiger partial charge in [-0.2, -0.15) is 0 Å². The summed E-state index contributed by atoms with van der Waals surface area (Å²) in [7, 11) is 0. The van der Waals surface area contributed by atoms with Crippen LogP contribution >= 0.6 is 22.6 Å². The van der Waals surface area contributed by atoms with Crippen LogP contribution in [0.5, 0.6) is 11.5 Å². The van der Waals surface area contributed by atoms with Gasteiger partial charge in [-0.1, -0.05) is 18.2 Å². The molecule has 0 amide bonds. The lowest BCUT2D eigenvalue weighted by Gasteiger charge is -2.14. The molecule has 2 N–H and O–H groups in total. The van der Waals surface area contributed by atoms with E-state index in [9.17, 15) is 5.11 Å². The van der Waals surface area contributed by atoms with Gasteiger partial charge in [0.1, 0.15) is 0 Å². The highest BCUT2D eigenvalue weighted by Crippen LogP contribution is 2.34. The minimum absolute atomic E-state index is 0.245. The highest BCUT2D eigenvalue weighted by atomic mass is 127. The van der Waals surface area contributed by atoms with Gasteiger partial charge in [0.15, 0.2) is 11.5 Å². The molecule has 1 atom stereocenters. The monoisotopic (exact) mass is 383 g/mol. The van der Waals surface area contributed by atoms with Crippen molar-refractivity contribution in [3.05, 3.63) is 51.6 Å². The molecule has 2 aromatic rings. The Morgan fingerprint density at radius 3 is 2.80 bits per heavy atom. The molecule has 0 radical (unpaired) electrons. The molecule has 1 heterocycles. The summed E-state index contributed by atoms with van der Waals surface area (Å²) in [6.45, 7) is 0.689. The summed E-state index contributed by atoms with van der Waals surface area (Å²) in [4.78, 5) is 0. The maximum atomic E-state index is 10.2. The molecule has 4 nitrogen and oxygen atoms in total. The third kappa shape index (κ3) is 2.83. The van der Waals surface area contributed by atoms with Gasteiger partial charge < -0.3 is 19.9 Å². The fourth-order valence-corrected chi connectivity index (χ4v) is 2.63. The number of fused-ring (bicyclic) bond motifs is 1. The van der Waals surface area contributed by atoms with Crippen molar-refractivity contribution < 1.29 is 14.6 Å². The van der Waals surface area contributed by atoms with Gasteiger partial charge in [0, 0.05) is 15.8 Å². The van der Waals surface area contributed by atoms with E-state index < -0.39 is 6.10 Å². The molecule has 2 aromatic carbocycles. The first-order valence-electron chi connectivity index (χ1n) is 6.30. The first-order valence-corrected chi connectivity index (χ1v) is 7.38. The van der Waals surface area contributed by atoms with E-state index in [1.807, 2.05) is 42.5 Å². The van der Waals surface area contributed by atoms with Crippen molar-refractivity contribution in [1.82, 2.24) is 0 Å². The first-order chi connectivity index (χ1) is 9.74. The maximum absolute atomic E-state index is 10.2. The highest BCUT2D eigenvalue weighted by Gasteiger charge is 2.16. The van der Waals surface area contributed by atoms with Gasteiger partial charge in [0.25, 0.3) is 0 Å². The number of para-hydroxylation sites is 1. The van der Waals surface area contributed by atoms with E-state index in [-0.39, 0.29) is 6.79 Å². The van der Waals surface area contributed by atoms with E-state index in [1.165, 1.54) is 0 Å². The summed E-state index contributed by atoms with van der Waals surface area (Å²) in [5.41, 5.74) is 1.83. The fraction of sp³-hybridized carbons (Fsp3) is 0.200. The van der Waals surface area contributed by atoms with Crippen molar-refractivity contribution in [2.75, 3.05) is 18.7 Å². The van der Waals surface area contributed by atoms with Gasteiger partial charge in [0.2, 0.25) is 6.79 Å². The minimum atomic E-state index is -0.597. The van der Waals surface area contributed by atoms with E-state index in [0.717, 1.165) is 20.6 Å². The quantitative estimate of drug-likeness (QED) is 0.797. The Morgan fingerprint density at radius 1 is 1.15 bits per heavy atom. The average Bonchev–Trinajstić information content (AvgIpc) is 2.93. The number of ether oxygens (including phenoxy) is 2. The van der Waals surface area contributed by atoms with Crippen molar-refractivity contribution in [2.45, 2.75) is 6.10 Å². The Kier molecular flexibility index (Phi) is 3.98. The van der Waals surface area contributed by atoms with Gasteiger partial charge in [0.05, 0.1) is 6.10 Å². The summed E-state index contributed by atoms with van der Waals surface area (Å²) < 4.78 is 11.7. The molecule has 0 aliphatic carbocycles. The van der Waals surface area contributed by atoms with Crippen molar-refractivity contribution in [3.63, 3.8) is 0 Å². The Labute approximate surface area is 130 Å². The lowest BCUT2D eigenvalue weighted by atomic mass is 10.1. The van der Waals surface area contributed by atoms with Gasteiger partial charge in [-0.15, -0.1) is 0 Å². The zero-order valence-electron chi connectivity index (χ0n) is 10.7. The van der Waals surface area contributed by atoms with Gasteiger partial charge in [-0.25, -0.2) is 0 Å². The van der Waals surface area contributed by atoms with Crippen molar-refractivity contribution in [1.29, 1.82) is 0 Å². The topological polar surface area (TPSA) is 50.7 Å². The molecule has 5 heteroatoms. The number of rotatable bonds is 4. The summed E-state index contributed by atoms with van der Waals surface area (Å²) in [5.74, 6) is 1.42. The van der Waals surface area contributed by atoms with Crippen molar-refractivity contribution in [3.8, 4) is 11.5 Å². The largest absolute Gasteiger partial charge is 0.454 e. The lowest BCUT2D eigenvalue weighted by molar-refractivity contribution is 0.173. The molecule has 1 aliphatic heterocycles. The summed E-state index contributed by atoms with van der Waals surface area (Å²) in [6, 6.07) is 13.5. The number of nitrogens with one attached hydrogen (secondary N) is 1. The van der Waals surface area contributed by atoms with Crippen LogP contribution in [0.3, 0.4) is 0 Å². The molecule has 20 heavy (non-hydrogen) atoms. The van der Waals surface area contributed by atoms with Gasteiger partial charge >= 0.3 is 0 Å². The molecular weight excluding hydrogens is 369 g/mol. The second-order valence-corrected chi connectivity index (χ2v) is 5.65. The van der Waals surface area contributed by atoms with Crippen LogP contribution in [0.25, 0.3) is 0 Å². The Hall–Kier alpha value is -1.47. The molecule has 1 unspecified atom stereocenters. The van der Waals surface area contributed by atoms with Crippen molar-refractivity contribution >= 4 is 28.3 Å². The van der Waals surface area contributed by atoms with Crippen LogP contribution in [0.2, 0.25) is 0 Å². The van der Waals surface area contributed by atoms with E-state index in [1.54, 1.807) is 0 Å². The number of aliphatic hydroxyl groups excluding tert-OH is 1. The Balaban J connectivity index is 1.67. The molecule has 0 bridgehead atoms. The number of aliphatic hydroxyl groups is 1. The molecular formula is C15H14INO3. The van der Waals surface area contributed by atoms with Crippen LogP contribution in [0.1, 0.15) is 11.7 Å². The van der Waals surface area contributed by atoms with Gasteiger partial charge in [-0.05, 0) is 52.4 Å². The van der Waals surface area contributed by atoms with Crippen LogP contribution in [0.4, 0.5) is 5.69 Å². The number of benzene rings is 2. The van der Waals surface area contributed by atoms with Crippen molar-refractivity contribution in [2.24, 2.45) is 0 Å². The van der Waals surface area contributed by atoms with Crippen LogP contribution < -0.4 is 14.8 Å². The summed E-state index contributed by atoms with van der Waals surface area (Å²) in [6.07, 6.45) is -0.597. The third-order valence-electron chi connectivity index (χ3n) is 3.14. The Morgan fingerprint density at radius 2 is 1.95 bits per heavy atom. The summed E-state index contributed by atoms with van der Waals surface area (Å²) >= 11 is 2.27. The predicted octanol–water partition coefficient (Wildman–Crippen LogP) is 3.17. The second kappa shape index (κ2) is 5.88. The molecule has 0 saturated carbocycles. The van der Waals surface area contributed by atoms with Crippen LogP contribution in [0.15, 0.2) is 42.5 Å². The number of hydrogen-bond acceptors (Lipinski definition) is 4. The normalized spacial score (nSPS) is 14.1. The average molecular weight is 383 g/mol. The fourth-order valence-electron chi connectivity index (χ4n) is 2.05. The van der Waals surface area contributed by atoms with Gasteiger partial charge in [-0.3, -0.25) is 0 Å². The van der Waals surface area contributed by atoms with E-state index in [2.05, 4.69) is 27.9 Å². The predicted molar refractivity (Wildman–Crippen MR) is 85.2 cm³/mol. The number of anilines is 1. The van der Waals surface area contributed by atoms with Crippen LogP contribution in [-0.4, -0.2) is 18.4 Å². The molecule has 1 aliphatic rings. The SMILES string of the molecule is OC(CNc1ccccc1I)c1ccc2c(c1)OCO2. The summed E-state index contributed by atoms with van der Waals surface area (Å²) in [5, 5.41) is 13.5. The number of hydrogen-bond donors (Lipinski definition) is 2. The highest BCUT2D eigenvalue weighted by molar-refractivity contribution is 14.1. The van der Waals surface area contributed by atoms with E-state index in [0.29, 0.717) is 12.3 Å². The number of halogens is 1. The van der Waals surface area contributed by atoms with Crippen LogP contribution in [-0.2, 0) is 0 Å². The first kappa shape index (κ1) is 13.5. The third-order valence-corrected chi connectivity index (χ3v) is 4.08. The molecule has 0 spiro atoms. The zero-order chi connectivity index (χ0) is 13.9. The second-order valence-electron chi connectivity index (χ2n) is 4.49.